The Morgan fingerprint density at radius 3 is 2.43 bits per heavy atom. The van der Waals surface area contributed by atoms with E-state index in [9.17, 15) is 4.79 Å². The van der Waals surface area contributed by atoms with Crippen molar-refractivity contribution in [2.24, 2.45) is 10.9 Å². The molecule has 2 nitrogen and oxygen atoms in total. The van der Waals surface area contributed by atoms with Gasteiger partial charge >= 0.3 is 0 Å². The molecule has 0 spiro atoms. The van der Waals surface area contributed by atoms with Crippen molar-refractivity contribution in [1.29, 1.82) is 0 Å². The molecular weight excluding hydrogens is 174 g/mol. The molecule has 1 aliphatic carbocycles. The second kappa shape index (κ2) is 3.07. The average molecular weight is 187 g/mol. The van der Waals surface area contributed by atoms with Crippen LogP contribution in [0, 0.1) is 12.8 Å². The third-order valence-electron chi connectivity index (χ3n) is 3.07. The molecule has 14 heavy (non-hydrogen) atoms. The van der Waals surface area contributed by atoms with E-state index in [2.05, 4.69) is 43.1 Å². The lowest BCUT2D eigenvalue weighted by Crippen LogP contribution is -2.05. The van der Waals surface area contributed by atoms with Crippen LogP contribution >= 0.6 is 0 Å². The van der Waals surface area contributed by atoms with Crippen molar-refractivity contribution in [3.05, 3.63) is 35.4 Å². The summed E-state index contributed by atoms with van der Waals surface area (Å²) in [4.78, 5) is 14.3. The summed E-state index contributed by atoms with van der Waals surface area (Å²) >= 11 is 0. The molecule has 1 aromatic carbocycles. The largest absolute Gasteiger partial charge is 0.235 e. The normalized spacial score (nSPS) is 29.4. The number of rotatable bonds is 2. The van der Waals surface area contributed by atoms with Crippen LogP contribution in [0.2, 0.25) is 0 Å². The minimum Gasteiger partial charge on any atom is -0.211 e. The molecule has 0 saturated heterocycles. The molecule has 1 aliphatic rings. The zero-order chi connectivity index (χ0) is 10.2. The number of isocyanates is 1. The van der Waals surface area contributed by atoms with Gasteiger partial charge in [0.25, 0.3) is 0 Å². The lowest BCUT2D eigenvalue weighted by Gasteiger charge is -2.09. The van der Waals surface area contributed by atoms with E-state index in [-0.39, 0.29) is 5.54 Å². The fourth-order valence-electron chi connectivity index (χ4n) is 1.95. The standard InChI is InChI=1S/C12H13NO/c1-9-3-5-11(6-4-9)12(13-8-14)7-10(12)2/h3-6,10H,7H2,1-2H3. The maximum Gasteiger partial charge on any atom is 0.235 e. The molecule has 0 bridgehead atoms. The van der Waals surface area contributed by atoms with Gasteiger partial charge in [0.2, 0.25) is 6.08 Å². The SMILES string of the molecule is Cc1ccc(C2(N=C=O)CC2C)cc1. The predicted octanol–water partition coefficient (Wildman–Crippen LogP) is 2.57. The Balaban J connectivity index is 2.39. The molecule has 0 N–H and O–H groups in total. The van der Waals surface area contributed by atoms with E-state index in [1.807, 2.05) is 0 Å². The highest BCUT2D eigenvalue weighted by atomic mass is 16.1. The van der Waals surface area contributed by atoms with Crippen molar-refractivity contribution in [1.82, 2.24) is 0 Å². The highest BCUT2D eigenvalue weighted by Crippen LogP contribution is 2.54. The summed E-state index contributed by atoms with van der Waals surface area (Å²) in [5, 5.41) is 0. The number of benzene rings is 1. The molecule has 0 aliphatic heterocycles. The summed E-state index contributed by atoms with van der Waals surface area (Å²) in [6.07, 6.45) is 2.65. The molecule has 0 aromatic heterocycles. The van der Waals surface area contributed by atoms with Crippen LogP contribution in [-0.4, -0.2) is 6.08 Å². The number of hydrogen-bond acceptors (Lipinski definition) is 2. The molecule has 2 unspecified atom stereocenters. The fraction of sp³-hybridized carbons (Fsp3) is 0.417. The highest BCUT2D eigenvalue weighted by Gasteiger charge is 2.53. The Hall–Kier alpha value is -1.40. The van der Waals surface area contributed by atoms with Crippen LogP contribution in [0.1, 0.15) is 24.5 Å². The first-order valence-corrected chi connectivity index (χ1v) is 4.85. The van der Waals surface area contributed by atoms with Crippen LogP contribution in [-0.2, 0) is 10.3 Å². The Bertz CT molecular complexity index is 389. The number of nitrogens with zero attached hydrogens (tertiary/aromatic N) is 1. The van der Waals surface area contributed by atoms with E-state index in [0.29, 0.717) is 5.92 Å². The van der Waals surface area contributed by atoms with Crippen LogP contribution in [0.3, 0.4) is 0 Å². The number of carbonyl (C=O) groups excluding carboxylic acids is 1. The van der Waals surface area contributed by atoms with Crippen molar-refractivity contribution in [2.45, 2.75) is 25.8 Å². The van der Waals surface area contributed by atoms with E-state index in [4.69, 9.17) is 0 Å². The van der Waals surface area contributed by atoms with E-state index in [1.165, 1.54) is 5.56 Å². The third-order valence-corrected chi connectivity index (χ3v) is 3.07. The molecule has 72 valence electrons. The summed E-state index contributed by atoms with van der Waals surface area (Å²) in [6.45, 7) is 4.16. The van der Waals surface area contributed by atoms with Crippen LogP contribution in [0.5, 0.6) is 0 Å². The van der Waals surface area contributed by atoms with Gasteiger partial charge < -0.3 is 0 Å². The van der Waals surface area contributed by atoms with Gasteiger partial charge in [-0.3, -0.25) is 0 Å². The smallest absolute Gasteiger partial charge is 0.211 e. The van der Waals surface area contributed by atoms with Gasteiger partial charge in [0.15, 0.2) is 0 Å². The van der Waals surface area contributed by atoms with Gasteiger partial charge in [-0.05, 0) is 24.8 Å². The van der Waals surface area contributed by atoms with Gasteiger partial charge in [0.05, 0.1) is 0 Å². The van der Waals surface area contributed by atoms with Crippen molar-refractivity contribution >= 4 is 6.08 Å². The van der Waals surface area contributed by atoms with E-state index in [1.54, 1.807) is 6.08 Å². The van der Waals surface area contributed by atoms with Crippen LogP contribution < -0.4 is 0 Å². The topological polar surface area (TPSA) is 29.4 Å². The molecule has 2 atom stereocenters. The summed E-state index contributed by atoms with van der Waals surface area (Å²) in [5.41, 5.74) is 2.11. The predicted molar refractivity (Wildman–Crippen MR) is 54.8 cm³/mol. The van der Waals surface area contributed by atoms with Gasteiger partial charge in [-0.2, -0.15) is 4.99 Å². The van der Waals surface area contributed by atoms with Crippen molar-refractivity contribution < 1.29 is 4.79 Å². The van der Waals surface area contributed by atoms with Gasteiger partial charge in [0.1, 0.15) is 5.54 Å². The van der Waals surface area contributed by atoms with E-state index in [0.717, 1.165) is 12.0 Å². The molecule has 0 heterocycles. The van der Waals surface area contributed by atoms with E-state index < -0.39 is 0 Å². The molecule has 0 radical (unpaired) electrons. The monoisotopic (exact) mass is 187 g/mol. The lowest BCUT2D eigenvalue weighted by atomic mass is 10.0. The Morgan fingerprint density at radius 1 is 1.43 bits per heavy atom. The number of hydrogen-bond donors (Lipinski definition) is 0. The molecule has 0 amide bonds. The third kappa shape index (κ3) is 1.28. The fourth-order valence-corrected chi connectivity index (χ4v) is 1.95. The second-order valence-corrected chi connectivity index (χ2v) is 4.10. The Morgan fingerprint density at radius 2 is 2.00 bits per heavy atom. The summed E-state index contributed by atoms with van der Waals surface area (Å²) in [5.74, 6) is 0.464. The first-order valence-electron chi connectivity index (χ1n) is 4.85. The van der Waals surface area contributed by atoms with Crippen molar-refractivity contribution in [3.63, 3.8) is 0 Å². The van der Waals surface area contributed by atoms with Crippen LogP contribution in [0.25, 0.3) is 0 Å². The molecule has 1 fully saturated rings. The second-order valence-electron chi connectivity index (χ2n) is 4.10. The van der Waals surface area contributed by atoms with Crippen molar-refractivity contribution in [3.8, 4) is 0 Å². The molecule has 2 heteroatoms. The van der Waals surface area contributed by atoms with Gasteiger partial charge in [-0.15, -0.1) is 0 Å². The molecular formula is C12H13NO. The van der Waals surface area contributed by atoms with Crippen molar-refractivity contribution in [2.75, 3.05) is 0 Å². The molecule has 1 aromatic rings. The Kier molecular flexibility index (Phi) is 2.01. The minimum absolute atomic E-state index is 0.255. The zero-order valence-electron chi connectivity index (χ0n) is 8.45. The Labute approximate surface area is 83.7 Å². The maximum atomic E-state index is 10.4. The zero-order valence-corrected chi connectivity index (χ0v) is 8.45. The first kappa shape index (κ1) is 9.17. The van der Waals surface area contributed by atoms with Crippen LogP contribution in [0.4, 0.5) is 0 Å². The minimum atomic E-state index is -0.255. The van der Waals surface area contributed by atoms with Gasteiger partial charge in [-0.25, -0.2) is 4.79 Å². The van der Waals surface area contributed by atoms with Gasteiger partial charge in [-0.1, -0.05) is 36.8 Å². The first-order chi connectivity index (χ1) is 6.69. The summed E-state index contributed by atoms with van der Waals surface area (Å²) in [6, 6.07) is 8.23. The highest BCUT2D eigenvalue weighted by molar-refractivity contribution is 5.42. The number of aryl methyl sites for hydroxylation is 1. The lowest BCUT2D eigenvalue weighted by molar-refractivity contribution is 0.552. The summed E-state index contributed by atoms with van der Waals surface area (Å²) < 4.78 is 0. The number of aliphatic imine (C=N–C) groups is 1. The molecule has 2 rings (SSSR count). The van der Waals surface area contributed by atoms with Crippen LogP contribution in [0.15, 0.2) is 29.3 Å². The summed E-state index contributed by atoms with van der Waals surface area (Å²) in [7, 11) is 0. The average Bonchev–Trinajstić information content (AvgIpc) is 2.79. The molecule has 1 saturated carbocycles. The van der Waals surface area contributed by atoms with Gasteiger partial charge in [0, 0.05) is 0 Å². The maximum absolute atomic E-state index is 10.4. The quantitative estimate of drug-likeness (QED) is 0.517. The van der Waals surface area contributed by atoms with E-state index >= 15 is 0 Å².